The van der Waals surface area contributed by atoms with Gasteiger partial charge >= 0.3 is 6.18 Å². The van der Waals surface area contributed by atoms with Crippen LogP contribution in [0.1, 0.15) is 31.0 Å². The van der Waals surface area contributed by atoms with Crippen molar-refractivity contribution in [3.63, 3.8) is 0 Å². The van der Waals surface area contributed by atoms with E-state index in [-0.39, 0.29) is 28.9 Å². The van der Waals surface area contributed by atoms with Crippen LogP contribution in [0.25, 0.3) is 0 Å². The van der Waals surface area contributed by atoms with Crippen molar-refractivity contribution in [1.82, 2.24) is 0 Å². The van der Waals surface area contributed by atoms with Crippen molar-refractivity contribution < 1.29 is 18.3 Å². The fourth-order valence-corrected chi connectivity index (χ4v) is 1.80. The molecule has 0 amide bonds. The molecule has 3 N–H and O–H groups in total. The Hall–Kier alpha value is -0.490. The van der Waals surface area contributed by atoms with Crippen molar-refractivity contribution in [3.05, 3.63) is 34.3 Å². The van der Waals surface area contributed by atoms with Gasteiger partial charge in [0, 0.05) is 0 Å². The van der Waals surface area contributed by atoms with E-state index in [1.807, 2.05) is 0 Å². The summed E-state index contributed by atoms with van der Waals surface area (Å²) in [4.78, 5) is 0. The van der Waals surface area contributed by atoms with Crippen LogP contribution in [0.15, 0.2) is 18.2 Å². The highest BCUT2D eigenvalue weighted by molar-refractivity contribution is 6.31. The van der Waals surface area contributed by atoms with Gasteiger partial charge in [0.15, 0.2) is 0 Å². The number of hydrogen-bond acceptors (Lipinski definition) is 2. The Kier molecular flexibility index (Phi) is 6.62. The lowest BCUT2D eigenvalue weighted by atomic mass is 9.93. The van der Waals surface area contributed by atoms with E-state index in [1.165, 1.54) is 6.07 Å². The monoisotopic (exact) mass is 317 g/mol. The van der Waals surface area contributed by atoms with E-state index in [1.54, 1.807) is 13.8 Å². The Morgan fingerprint density at radius 2 is 1.79 bits per heavy atom. The Bertz CT molecular complexity index is 424. The molecule has 1 rings (SSSR count). The first-order chi connectivity index (χ1) is 8.14. The molecule has 2 nitrogen and oxygen atoms in total. The quantitative estimate of drug-likeness (QED) is 0.890. The van der Waals surface area contributed by atoms with Gasteiger partial charge in [-0.15, -0.1) is 12.4 Å². The van der Waals surface area contributed by atoms with Crippen molar-refractivity contribution in [3.8, 4) is 0 Å². The molecule has 1 aromatic rings. The molecule has 0 aliphatic rings. The smallest absolute Gasteiger partial charge is 0.391 e. The molecule has 0 aliphatic heterocycles. The molecule has 2 atom stereocenters. The average molecular weight is 318 g/mol. The third kappa shape index (κ3) is 4.53. The molecule has 0 fully saturated rings. The predicted molar refractivity (Wildman–Crippen MR) is 71.5 cm³/mol. The standard InChI is InChI=1S/C12H15ClF3NO.ClH/c1-6(2)11(18)10(17)7-3-4-9(13)8(5-7)12(14,15)16;/h3-6,10-11,18H,17H2,1-2H3;1H/t10-,11+;/m0./s1. The van der Waals surface area contributed by atoms with Crippen LogP contribution >= 0.6 is 24.0 Å². The Morgan fingerprint density at radius 3 is 2.21 bits per heavy atom. The summed E-state index contributed by atoms with van der Waals surface area (Å²) < 4.78 is 38.0. The van der Waals surface area contributed by atoms with Gasteiger partial charge in [-0.25, -0.2) is 0 Å². The highest BCUT2D eigenvalue weighted by Gasteiger charge is 2.34. The van der Waals surface area contributed by atoms with Crippen LogP contribution in [0.5, 0.6) is 0 Å². The molecule has 7 heteroatoms. The van der Waals surface area contributed by atoms with E-state index in [4.69, 9.17) is 17.3 Å². The summed E-state index contributed by atoms with van der Waals surface area (Å²) in [5, 5.41) is 9.39. The first-order valence-corrected chi connectivity index (χ1v) is 5.82. The topological polar surface area (TPSA) is 46.2 Å². The fraction of sp³-hybridized carbons (Fsp3) is 0.500. The van der Waals surface area contributed by atoms with Gasteiger partial charge in [0.2, 0.25) is 0 Å². The van der Waals surface area contributed by atoms with E-state index in [0.717, 1.165) is 12.1 Å². The first-order valence-electron chi connectivity index (χ1n) is 5.45. The summed E-state index contributed by atoms with van der Waals surface area (Å²) in [6.07, 6.45) is -5.44. The lowest BCUT2D eigenvalue weighted by Gasteiger charge is -2.23. The normalized spacial score (nSPS) is 15.0. The van der Waals surface area contributed by atoms with Crippen LogP contribution in [0, 0.1) is 5.92 Å². The van der Waals surface area contributed by atoms with Gasteiger partial charge in [-0.3, -0.25) is 0 Å². The van der Waals surface area contributed by atoms with Crippen LogP contribution in [0.3, 0.4) is 0 Å². The second-order valence-electron chi connectivity index (χ2n) is 4.50. The number of halogens is 5. The molecular weight excluding hydrogens is 302 g/mol. The van der Waals surface area contributed by atoms with Crippen LogP contribution in [-0.4, -0.2) is 11.2 Å². The molecule has 1 aromatic carbocycles. The summed E-state index contributed by atoms with van der Waals surface area (Å²) in [7, 11) is 0. The van der Waals surface area contributed by atoms with Crippen LogP contribution < -0.4 is 5.73 Å². The zero-order chi connectivity index (χ0) is 14.1. The molecule has 0 unspecified atom stereocenters. The van der Waals surface area contributed by atoms with Gasteiger partial charge in [-0.05, 0) is 23.6 Å². The molecular formula is C12H16Cl2F3NO. The zero-order valence-corrected chi connectivity index (χ0v) is 12.0. The van der Waals surface area contributed by atoms with E-state index < -0.39 is 23.9 Å². The molecule has 0 radical (unpaired) electrons. The van der Waals surface area contributed by atoms with Crippen LogP contribution in [0.4, 0.5) is 13.2 Å². The fourth-order valence-electron chi connectivity index (χ4n) is 1.58. The minimum atomic E-state index is -4.53. The molecule has 0 saturated heterocycles. The Morgan fingerprint density at radius 1 is 1.26 bits per heavy atom. The number of alkyl halides is 3. The maximum Gasteiger partial charge on any atom is 0.417 e. The van der Waals surface area contributed by atoms with Gasteiger partial charge in [-0.2, -0.15) is 13.2 Å². The van der Waals surface area contributed by atoms with E-state index in [0.29, 0.717) is 0 Å². The number of nitrogens with two attached hydrogens (primary N) is 1. The molecule has 0 aliphatic carbocycles. The van der Waals surface area contributed by atoms with Gasteiger partial charge in [-0.1, -0.05) is 31.5 Å². The summed E-state index contributed by atoms with van der Waals surface area (Å²) in [6.45, 7) is 3.48. The highest BCUT2D eigenvalue weighted by atomic mass is 35.5. The van der Waals surface area contributed by atoms with Crippen molar-refractivity contribution in [2.24, 2.45) is 11.7 Å². The highest BCUT2D eigenvalue weighted by Crippen LogP contribution is 2.36. The molecule has 0 spiro atoms. The first kappa shape index (κ1) is 18.5. The summed E-state index contributed by atoms with van der Waals surface area (Å²) in [6, 6.07) is 2.56. The lowest BCUT2D eigenvalue weighted by Crippen LogP contribution is -2.30. The maximum atomic E-state index is 12.7. The van der Waals surface area contributed by atoms with E-state index in [9.17, 15) is 18.3 Å². The van der Waals surface area contributed by atoms with Gasteiger partial charge in [0.25, 0.3) is 0 Å². The number of rotatable bonds is 3. The predicted octanol–water partition coefficient (Wildman–Crippen LogP) is 3.80. The molecule has 0 saturated carbocycles. The second kappa shape index (κ2) is 6.79. The van der Waals surface area contributed by atoms with Crippen molar-refractivity contribution in [2.45, 2.75) is 32.2 Å². The third-order valence-electron chi connectivity index (χ3n) is 2.73. The summed E-state index contributed by atoms with van der Waals surface area (Å²) in [5.74, 6) is -0.148. The Balaban J connectivity index is 0.00000324. The SMILES string of the molecule is CC(C)[C@@H](O)[C@@H](N)c1ccc(Cl)c(C(F)(F)F)c1.Cl. The van der Waals surface area contributed by atoms with E-state index in [2.05, 4.69) is 0 Å². The van der Waals surface area contributed by atoms with Crippen LogP contribution in [-0.2, 0) is 6.18 Å². The molecule has 19 heavy (non-hydrogen) atoms. The average Bonchev–Trinajstić information content (AvgIpc) is 2.26. The second-order valence-corrected chi connectivity index (χ2v) is 4.90. The number of aliphatic hydroxyl groups is 1. The lowest BCUT2D eigenvalue weighted by molar-refractivity contribution is -0.137. The van der Waals surface area contributed by atoms with Crippen molar-refractivity contribution in [2.75, 3.05) is 0 Å². The number of hydrogen-bond donors (Lipinski definition) is 2. The molecule has 0 aromatic heterocycles. The summed E-state index contributed by atoms with van der Waals surface area (Å²) >= 11 is 5.50. The van der Waals surface area contributed by atoms with Crippen molar-refractivity contribution >= 4 is 24.0 Å². The summed E-state index contributed by atoms with van der Waals surface area (Å²) in [5.41, 5.74) is 5.02. The maximum absolute atomic E-state index is 12.7. The molecule has 110 valence electrons. The van der Waals surface area contributed by atoms with Gasteiger partial charge in [0.05, 0.1) is 22.7 Å². The Labute approximate surface area is 121 Å². The minimum absolute atomic E-state index is 0. The van der Waals surface area contributed by atoms with E-state index >= 15 is 0 Å². The van der Waals surface area contributed by atoms with Gasteiger partial charge < -0.3 is 10.8 Å². The molecule has 0 heterocycles. The number of benzene rings is 1. The number of aliphatic hydroxyl groups excluding tert-OH is 1. The largest absolute Gasteiger partial charge is 0.417 e. The van der Waals surface area contributed by atoms with Crippen LogP contribution in [0.2, 0.25) is 5.02 Å². The zero-order valence-electron chi connectivity index (χ0n) is 10.4. The van der Waals surface area contributed by atoms with Crippen molar-refractivity contribution in [1.29, 1.82) is 0 Å². The third-order valence-corrected chi connectivity index (χ3v) is 3.06. The van der Waals surface area contributed by atoms with Gasteiger partial charge in [0.1, 0.15) is 0 Å². The molecule has 0 bridgehead atoms. The minimum Gasteiger partial charge on any atom is -0.391 e.